The molecular formula is C20H25N3O5. The summed E-state index contributed by atoms with van der Waals surface area (Å²) in [6, 6.07) is 4.91. The number of fused-ring (bicyclic) bond motifs is 4. The van der Waals surface area contributed by atoms with E-state index in [9.17, 15) is 19.5 Å². The first-order valence-corrected chi connectivity index (χ1v) is 9.62. The molecule has 4 rings (SSSR count). The normalized spacial score (nSPS) is 32.1. The molecule has 3 aliphatic heterocycles. The van der Waals surface area contributed by atoms with Crippen LogP contribution in [-0.4, -0.2) is 60.1 Å². The number of nitrogens with zero attached hydrogens (tertiary/aromatic N) is 1. The van der Waals surface area contributed by atoms with Crippen molar-refractivity contribution in [3.05, 3.63) is 29.3 Å². The van der Waals surface area contributed by atoms with Crippen molar-refractivity contribution in [2.45, 2.75) is 38.0 Å². The Morgan fingerprint density at radius 1 is 1.29 bits per heavy atom. The summed E-state index contributed by atoms with van der Waals surface area (Å²) in [4.78, 5) is 40.8. The van der Waals surface area contributed by atoms with Crippen LogP contribution in [0.5, 0.6) is 0 Å². The van der Waals surface area contributed by atoms with Crippen LogP contribution >= 0.6 is 0 Å². The standard InChI is InChI=1S/C20H25N3O5/c1-4-11-6-5-7-12-16(11)21-19(27)20(12)14-13(15(22-20)10(2)24)17(25)23(18(14)26)8-9-28-3/h5-7,10,13-15,22,24H,4,8-9H2,1-3H3,(H,21,27)/t10?,13-,14-,15?,20?/m0/s1. The van der Waals surface area contributed by atoms with E-state index in [-0.39, 0.29) is 25.0 Å². The molecule has 1 aromatic carbocycles. The summed E-state index contributed by atoms with van der Waals surface area (Å²) in [6.07, 6.45) is -0.183. The highest BCUT2D eigenvalue weighted by Crippen LogP contribution is 2.53. The van der Waals surface area contributed by atoms with E-state index in [1.807, 2.05) is 25.1 Å². The molecule has 5 atom stereocenters. The highest BCUT2D eigenvalue weighted by atomic mass is 16.5. The number of aliphatic hydroxyl groups excluding tert-OH is 1. The van der Waals surface area contributed by atoms with Crippen LogP contribution in [-0.2, 0) is 31.1 Å². The summed E-state index contributed by atoms with van der Waals surface area (Å²) in [5.41, 5.74) is 0.976. The monoisotopic (exact) mass is 387 g/mol. The molecule has 8 nitrogen and oxygen atoms in total. The van der Waals surface area contributed by atoms with E-state index in [1.165, 1.54) is 12.0 Å². The number of carbonyl (C=O) groups excluding carboxylic acids is 3. The molecule has 3 heterocycles. The van der Waals surface area contributed by atoms with Crippen LogP contribution in [0, 0.1) is 11.8 Å². The lowest BCUT2D eigenvalue weighted by Gasteiger charge is -2.30. The lowest BCUT2D eigenvalue weighted by molar-refractivity contribution is -0.143. The Morgan fingerprint density at radius 3 is 2.68 bits per heavy atom. The number of nitrogens with one attached hydrogen (secondary N) is 2. The van der Waals surface area contributed by atoms with E-state index < -0.39 is 35.4 Å². The largest absolute Gasteiger partial charge is 0.392 e. The average Bonchev–Trinajstić information content (AvgIpc) is 3.26. The second kappa shape index (κ2) is 6.65. The summed E-state index contributed by atoms with van der Waals surface area (Å²) in [5.74, 6) is -2.81. The summed E-state index contributed by atoms with van der Waals surface area (Å²) < 4.78 is 5.03. The Kier molecular flexibility index (Phi) is 4.52. The van der Waals surface area contributed by atoms with Crippen LogP contribution in [0.1, 0.15) is 25.0 Å². The maximum Gasteiger partial charge on any atom is 0.250 e. The Morgan fingerprint density at radius 2 is 2.04 bits per heavy atom. The number of ether oxygens (including phenoxy) is 1. The summed E-state index contributed by atoms with van der Waals surface area (Å²) in [5, 5.41) is 16.5. The van der Waals surface area contributed by atoms with Crippen molar-refractivity contribution < 1.29 is 24.2 Å². The Labute approximate surface area is 163 Å². The van der Waals surface area contributed by atoms with Crippen LogP contribution in [0.2, 0.25) is 0 Å². The average molecular weight is 387 g/mol. The molecule has 8 heteroatoms. The van der Waals surface area contributed by atoms with Gasteiger partial charge in [0.15, 0.2) is 0 Å². The molecule has 3 unspecified atom stereocenters. The maximum absolute atomic E-state index is 13.3. The minimum Gasteiger partial charge on any atom is -0.392 e. The van der Waals surface area contributed by atoms with E-state index in [0.29, 0.717) is 11.3 Å². The number of para-hydroxylation sites is 1. The molecule has 0 radical (unpaired) electrons. The highest BCUT2D eigenvalue weighted by molar-refractivity contribution is 6.15. The number of benzene rings is 1. The Balaban J connectivity index is 1.87. The van der Waals surface area contributed by atoms with E-state index >= 15 is 0 Å². The quantitative estimate of drug-likeness (QED) is 0.614. The Bertz CT molecular complexity index is 854. The van der Waals surface area contributed by atoms with Crippen molar-refractivity contribution in [2.24, 2.45) is 11.8 Å². The van der Waals surface area contributed by atoms with Gasteiger partial charge in [-0.3, -0.25) is 24.6 Å². The number of aliphatic hydroxyl groups is 1. The molecule has 3 N–H and O–H groups in total. The predicted octanol–water partition coefficient (Wildman–Crippen LogP) is -0.00340. The molecule has 1 aromatic rings. The maximum atomic E-state index is 13.3. The molecule has 0 saturated carbocycles. The summed E-state index contributed by atoms with van der Waals surface area (Å²) in [6.45, 7) is 3.92. The fourth-order valence-electron chi connectivity index (χ4n) is 4.99. The summed E-state index contributed by atoms with van der Waals surface area (Å²) in [7, 11) is 1.50. The van der Waals surface area contributed by atoms with Crippen LogP contribution in [0.15, 0.2) is 18.2 Å². The van der Waals surface area contributed by atoms with E-state index in [4.69, 9.17) is 4.74 Å². The Hall–Kier alpha value is -2.29. The number of hydrogen-bond acceptors (Lipinski definition) is 6. The molecule has 3 aliphatic rings. The molecule has 2 fully saturated rings. The second-order valence-electron chi connectivity index (χ2n) is 7.69. The smallest absolute Gasteiger partial charge is 0.250 e. The number of imide groups is 1. The molecule has 3 amide bonds. The molecule has 0 aromatic heterocycles. The van der Waals surface area contributed by atoms with Gasteiger partial charge >= 0.3 is 0 Å². The molecule has 28 heavy (non-hydrogen) atoms. The van der Waals surface area contributed by atoms with E-state index in [0.717, 1.165) is 12.0 Å². The van der Waals surface area contributed by atoms with Gasteiger partial charge in [-0.15, -0.1) is 0 Å². The number of amides is 3. The molecule has 2 saturated heterocycles. The van der Waals surface area contributed by atoms with Crippen molar-refractivity contribution >= 4 is 23.4 Å². The SMILES string of the molecule is CCc1cccc2c1NC(=O)C21NC(C(C)O)[C@H]2C(=O)N(CCOC)C(=O)[C@H]21. The van der Waals surface area contributed by atoms with Crippen molar-refractivity contribution in [3.8, 4) is 0 Å². The number of aryl methyl sites for hydroxylation is 1. The van der Waals surface area contributed by atoms with Gasteiger partial charge in [-0.25, -0.2) is 0 Å². The first-order valence-electron chi connectivity index (χ1n) is 9.62. The van der Waals surface area contributed by atoms with Gasteiger partial charge in [0.25, 0.3) is 0 Å². The highest BCUT2D eigenvalue weighted by Gasteiger charge is 2.71. The molecule has 1 spiro atoms. The van der Waals surface area contributed by atoms with Crippen LogP contribution in [0.4, 0.5) is 5.69 Å². The van der Waals surface area contributed by atoms with Gasteiger partial charge in [-0.05, 0) is 18.9 Å². The van der Waals surface area contributed by atoms with Gasteiger partial charge in [-0.2, -0.15) is 0 Å². The van der Waals surface area contributed by atoms with Gasteiger partial charge in [0.1, 0.15) is 5.54 Å². The second-order valence-corrected chi connectivity index (χ2v) is 7.69. The van der Waals surface area contributed by atoms with Crippen molar-refractivity contribution in [1.29, 1.82) is 0 Å². The lowest BCUT2D eigenvalue weighted by Crippen LogP contribution is -2.55. The minimum atomic E-state index is -1.36. The number of methoxy groups -OCH3 is 1. The van der Waals surface area contributed by atoms with E-state index in [1.54, 1.807) is 6.92 Å². The molecular weight excluding hydrogens is 362 g/mol. The van der Waals surface area contributed by atoms with Crippen molar-refractivity contribution in [2.75, 3.05) is 25.6 Å². The predicted molar refractivity (Wildman–Crippen MR) is 100 cm³/mol. The number of anilines is 1. The first-order chi connectivity index (χ1) is 13.4. The first kappa shape index (κ1) is 19.0. The van der Waals surface area contributed by atoms with E-state index in [2.05, 4.69) is 10.6 Å². The lowest BCUT2D eigenvalue weighted by atomic mass is 9.76. The van der Waals surface area contributed by atoms with Gasteiger partial charge in [0.2, 0.25) is 17.7 Å². The van der Waals surface area contributed by atoms with Crippen molar-refractivity contribution in [3.63, 3.8) is 0 Å². The number of likely N-dealkylation sites (tertiary alicyclic amines) is 1. The number of rotatable bonds is 5. The fourth-order valence-corrected chi connectivity index (χ4v) is 4.99. The topological polar surface area (TPSA) is 108 Å². The fraction of sp³-hybridized carbons (Fsp3) is 0.550. The zero-order valence-corrected chi connectivity index (χ0v) is 16.2. The third kappa shape index (κ3) is 2.31. The van der Waals surface area contributed by atoms with Gasteiger partial charge in [0, 0.05) is 24.4 Å². The zero-order valence-electron chi connectivity index (χ0n) is 16.2. The van der Waals surface area contributed by atoms with Gasteiger partial charge < -0.3 is 15.2 Å². The summed E-state index contributed by atoms with van der Waals surface area (Å²) >= 11 is 0. The third-order valence-corrected chi connectivity index (χ3v) is 6.28. The molecule has 0 bridgehead atoms. The number of hydrogen-bond donors (Lipinski definition) is 3. The minimum absolute atomic E-state index is 0.132. The zero-order chi connectivity index (χ0) is 20.2. The van der Waals surface area contributed by atoms with Gasteiger partial charge in [-0.1, -0.05) is 25.1 Å². The van der Waals surface area contributed by atoms with Crippen molar-refractivity contribution in [1.82, 2.24) is 10.2 Å². The molecule has 0 aliphatic carbocycles. The third-order valence-electron chi connectivity index (χ3n) is 6.28. The number of carbonyl (C=O) groups is 3. The molecule has 150 valence electrons. The van der Waals surface area contributed by atoms with Crippen LogP contribution < -0.4 is 10.6 Å². The van der Waals surface area contributed by atoms with Crippen LogP contribution in [0.3, 0.4) is 0 Å². The van der Waals surface area contributed by atoms with Crippen LogP contribution in [0.25, 0.3) is 0 Å². The van der Waals surface area contributed by atoms with Gasteiger partial charge in [0.05, 0.1) is 31.1 Å².